The molecule has 7 nitrogen and oxygen atoms in total. The Kier molecular flexibility index (Phi) is 9.17. The number of rotatable bonds is 12. The van der Waals surface area contributed by atoms with E-state index in [1.54, 1.807) is 0 Å². The van der Waals surface area contributed by atoms with Crippen molar-refractivity contribution in [1.29, 1.82) is 0 Å². The van der Waals surface area contributed by atoms with E-state index in [2.05, 4.69) is 11.8 Å². The number of carbonyl (C=O) groups is 1. The molecule has 1 aliphatic carbocycles. The Balaban J connectivity index is 1.94. The molecular formula is C27H39F2NO6. The Morgan fingerprint density at radius 2 is 1.97 bits per heavy atom. The Morgan fingerprint density at radius 3 is 2.67 bits per heavy atom. The number of hydrogen-bond donors (Lipinski definition) is 0. The summed E-state index contributed by atoms with van der Waals surface area (Å²) >= 11 is 0. The highest BCUT2D eigenvalue weighted by atomic mass is 19.3. The summed E-state index contributed by atoms with van der Waals surface area (Å²) in [5, 5.41) is 9.41. The van der Waals surface area contributed by atoms with E-state index in [1.807, 2.05) is 20.8 Å². The number of fused-ring (bicyclic) bond motifs is 3. The van der Waals surface area contributed by atoms with Crippen molar-refractivity contribution >= 4 is 5.97 Å². The molecular weight excluding hydrogens is 472 g/mol. The molecule has 2 aliphatic rings. The average Bonchev–Trinajstić information content (AvgIpc) is 2.78. The highest BCUT2D eigenvalue weighted by Crippen LogP contribution is 2.56. The molecule has 9 heteroatoms. The Labute approximate surface area is 212 Å². The third-order valence-electron chi connectivity index (χ3n) is 7.57. The van der Waals surface area contributed by atoms with Gasteiger partial charge in [0.25, 0.3) is 11.0 Å². The van der Waals surface area contributed by atoms with Gasteiger partial charge in [-0.05, 0) is 63.5 Å². The van der Waals surface area contributed by atoms with E-state index in [0.717, 1.165) is 38.5 Å². The number of carbonyl (C=O) groups excluding carboxylic acids is 1. The van der Waals surface area contributed by atoms with Gasteiger partial charge >= 0.3 is 5.97 Å². The van der Waals surface area contributed by atoms with Gasteiger partial charge in [-0.15, -0.1) is 10.1 Å². The van der Waals surface area contributed by atoms with Crippen molar-refractivity contribution in [2.75, 3.05) is 6.61 Å². The maximum atomic E-state index is 15.3. The number of benzene rings is 1. The molecule has 0 saturated heterocycles. The molecule has 1 heterocycles. The predicted molar refractivity (Wildman–Crippen MR) is 131 cm³/mol. The fourth-order valence-corrected chi connectivity index (χ4v) is 5.69. The van der Waals surface area contributed by atoms with Crippen molar-refractivity contribution in [1.82, 2.24) is 0 Å². The Bertz CT molecular complexity index is 935. The molecule has 3 atom stereocenters. The van der Waals surface area contributed by atoms with Gasteiger partial charge in [-0.1, -0.05) is 39.5 Å². The lowest BCUT2D eigenvalue weighted by Gasteiger charge is -2.49. The van der Waals surface area contributed by atoms with E-state index in [1.165, 1.54) is 12.1 Å². The summed E-state index contributed by atoms with van der Waals surface area (Å²) in [6.07, 6.45) is 5.53. The van der Waals surface area contributed by atoms with Gasteiger partial charge < -0.3 is 14.3 Å². The predicted octanol–water partition coefficient (Wildman–Crippen LogP) is 7.33. The molecule has 202 valence electrons. The van der Waals surface area contributed by atoms with E-state index >= 15 is 8.78 Å². The molecule has 36 heavy (non-hydrogen) atoms. The fourth-order valence-electron chi connectivity index (χ4n) is 5.69. The second kappa shape index (κ2) is 11.7. The van der Waals surface area contributed by atoms with E-state index < -0.39 is 22.6 Å². The highest BCUT2D eigenvalue weighted by molar-refractivity contribution is 5.73. The summed E-state index contributed by atoms with van der Waals surface area (Å²) in [4.78, 5) is 27.2. The molecule has 0 bridgehead atoms. The maximum absolute atomic E-state index is 15.3. The quantitative estimate of drug-likeness (QED) is 0.0959. The second-order valence-corrected chi connectivity index (χ2v) is 10.9. The Morgan fingerprint density at radius 1 is 1.22 bits per heavy atom. The Hall–Kier alpha value is -2.45. The van der Waals surface area contributed by atoms with Crippen LogP contribution in [0.2, 0.25) is 0 Å². The molecule has 1 aliphatic heterocycles. The van der Waals surface area contributed by atoms with Crippen LogP contribution in [-0.2, 0) is 15.6 Å². The van der Waals surface area contributed by atoms with Crippen molar-refractivity contribution in [2.24, 2.45) is 11.8 Å². The van der Waals surface area contributed by atoms with E-state index in [9.17, 15) is 14.9 Å². The fraction of sp³-hybridized carbons (Fsp3) is 0.741. The first-order valence-corrected chi connectivity index (χ1v) is 13.2. The lowest BCUT2D eigenvalue weighted by molar-refractivity contribution is -0.757. The molecule has 1 aromatic carbocycles. The number of alkyl halides is 2. The van der Waals surface area contributed by atoms with Crippen LogP contribution in [-0.4, -0.2) is 23.3 Å². The van der Waals surface area contributed by atoms with Crippen molar-refractivity contribution in [3.8, 4) is 11.5 Å². The molecule has 0 aromatic heterocycles. The minimum Gasteiger partial charge on any atom is -0.487 e. The molecule has 1 saturated carbocycles. The summed E-state index contributed by atoms with van der Waals surface area (Å²) in [5.41, 5.74) is -0.0600. The number of nitrogens with zero attached hydrogens (tertiary/aromatic N) is 1. The maximum Gasteiger partial charge on any atom is 0.311 e. The van der Waals surface area contributed by atoms with Crippen LogP contribution < -0.4 is 9.47 Å². The van der Waals surface area contributed by atoms with Crippen LogP contribution in [0.1, 0.15) is 109 Å². The number of hydrogen-bond acceptors (Lipinski definition) is 6. The monoisotopic (exact) mass is 511 g/mol. The van der Waals surface area contributed by atoms with Gasteiger partial charge in [0.1, 0.15) is 17.1 Å². The summed E-state index contributed by atoms with van der Waals surface area (Å²) < 4.78 is 42.6. The molecule has 1 fully saturated rings. The summed E-state index contributed by atoms with van der Waals surface area (Å²) in [6.45, 7) is 7.97. The number of esters is 1. The topological polar surface area (TPSA) is 87.9 Å². The first-order chi connectivity index (χ1) is 16.9. The number of unbranched alkanes of at least 4 members (excludes halogenated alkanes) is 3. The minimum absolute atomic E-state index is 0.0281. The van der Waals surface area contributed by atoms with Crippen LogP contribution in [0.4, 0.5) is 8.78 Å². The molecule has 1 aromatic rings. The summed E-state index contributed by atoms with van der Waals surface area (Å²) in [5.74, 6) is -2.59. The molecule has 0 radical (unpaired) electrons. The minimum atomic E-state index is -3.09. The average molecular weight is 512 g/mol. The van der Waals surface area contributed by atoms with Crippen LogP contribution >= 0.6 is 0 Å². The van der Waals surface area contributed by atoms with Crippen LogP contribution in [0, 0.1) is 22.0 Å². The largest absolute Gasteiger partial charge is 0.487 e. The van der Waals surface area contributed by atoms with E-state index in [4.69, 9.17) is 9.47 Å². The lowest BCUT2D eigenvalue weighted by Crippen LogP contribution is -2.47. The van der Waals surface area contributed by atoms with Gasteiger partial charge in [0.05, 0.1) is 6.61 Å². The van der Waals surface area contributed by atoms with Crippen molar-refractivity contribution in [2.45, 2.75) is 109 Å². The zero-order chi connectivity index (χ0) is 26.5. The van der Waals surface area contributed by atoms with Crippen molar-refractivity contribution in [3.05, 3.63) is 33.4 Å². The molecule has 0 amide bonds. The van der Waals surface area contributed by atoms with Crippen molar-refractivity contribution < 1.29 is 33.0 Å². The van der Waals surface area contributed by atoms with Crippen LogP contribution in [0.25, 0.3) is 0 Å². The van der Waals surface area contributed by atoms with Gasteiger partial charge in [0, 0.05) is 29.9 Å². The third kappa shape index (κ3) is 6.85. The third-order valence-corrected chi connectivity index (χ3v) is 7.57. The molecule has 0 N–H and O–H groups in total. The summed E-state index contributed by atoms with van der Waals surface area (Å²) in [6, 6.07) is 2.75. The molecule has 3 rings (SSSR count). The second-order valence-electron chi connectivity index (χ2n) is 10.9. The first kappa shape index (κ1) is 28.1. The van der Waals surface area contributed by atoms with Gasteiger partial charge in [-0.25, -0.2) is 8.78 Å². The smallest absolute Gasteiger partial charge is 0.311 e. The van der Waals surface area contributed by atoms with Gasteiger partial charge in [0.15, 0.2) is 0 Å². The van der Waals surface area contributed by atoms with Crippen LogP contribution in [0.15, 0.2) is 12.1 Å². The van der Waals surface area contributed by atoms with Gasteiger partial charge in [-0.2, -0.15) is 0 Å². The van der Waals surface area contributed by atoms with Gasteiger partial charge in [-0.3, -0.25) is 4.79 Å². The highest BCUT2D eigenvalue weighted by Gasteiger charge is 2.48. The van der Waals surface area contributed by atoms with Crippen LogP contribution in [0.3, 0.4) is 0 Å². The molecule has 0 spiro atoms. The lowest BCUT2D eigenvalue weighted by atomic mass is 9.64. The molecule has 1 unspecified atom stereocenters. The zero-order valence-electron chi connectivity index (χ0n) is 21.8. The first-order valence-electron chi connectivity index (χ1n) is 13.2. The number of halogens is 2. The normalized spacial score (nSPS) is 22.7. The number of ether oxygens (including phenoxy) is 2. The standard InChI is InChI=1S/C27H39F2NO6/c1-5-6-7-8-13-27(28,29)19-16-22(35-24(31)10-9-14-34-30(32)33)25-20-15-18(2)11-12-21(20)26(3,4)36-23(25)17-19/h16-18,20-21H,5-15H2,1-4H3/t18?,20-,21-/m1/s1. The van der Waals surface area contributed by atoms with Crippen molar-refractivity contribution in [3.63, 3.8) is 0 Å². The summed E-state index contributed by atoms with van der Waals surface area (Å²) in [7, 11) is 0. The SMILES string of the molecule is CCCCCCC(F)(F)c1cc(OC(=O)CCCO[N+](=O)[O-])c2c(c1)OC(C)(C)[C@@H]1CCC(C)C[C@@H]21. The van der Waals surface area contributed by atoms with Gasteiger partial charge in [0.2, 0.25) is 0 Å². The zero-order valence-corrected chi connectivity index (χ0v) is 21.8. The van der Waals surface area contributed by atoms with E-state index in [-0.39, 0.29) is 49.0 Å². The van der Waals surface area contributed by atoms with E-state index in [0.29, 0.717) is 23.7 Å². The van der Waals surface area contributed by atoms with Crippen LogP contribution in [0.5, 0.6) is 11.5 Å².